The number of hydrogen-bond acceptors (Lipinski definition) is 7. The van der Waals surface area contributed by atoms with Crippen molar-refractivity contribution in [3.8, 4) is 5.75 Å². The third-order valence-electron chi connectivity index (χ3n) is 7.23. The minimum absolute atomic E-state index is 0.0447. The maximum Gasteiger partial charge on any atom is 0.276 e. The number of hydrogen-bond donors (Lipinski definition) is 1. The Morgan fingerprint density at radius 3 is 2.84 bits per heavy atom. The van der Waals surface area contributed by atoms with Crippen LogP contribution in [0.4, 0.5) is 4.39 Å². The first-order valence-corrected chi connectivity index (χ1v) is 12.7. The minimum atomic E-state index is -0.648. The SMILES string of the molecule is C=CC(=O)N1CCN2C(=O)C3=C(OC[C@H]2C1)C(Cl)=C(c1c(O)cccc1F)CN3OC1CCCN(C)C1. The van der Waals surface area contributed by atoms with Crippen molar-refractivity contribution < 1.29 is 28.7 Å². The van der Waals surface area contributed by atoms with Crippen molar-refractivity contribution in [1.29, 1.82) is 0 Å². The largest absolute Gasteiger partial charge is 0.507 e. The van der Waals surface area contributed by atoms with Gasteiger partial charge >= 0.3 is 0 Å². The summed E-state index contributed by atoms with van der Waals surface area (Å²) < 4.78 is 21.0. The number of carbonyl (C=O) groups excluding carboxylic acids is 2. The molecule has 2 atom stereocenters. The van der Waals surface area contributed by atoms with E-state index in [1.165, 1.54) is 29.3 Å². The van der Waals surface area contributed by atoms with Crippen molar-refractivity contribution in [2.45, 2.75) is 25.0 Å². The zero-order chi connectivity index (χ0) is 26.3. The van der Waals surface area contributed by atoms with E-state index >= 15 is 0 Å². The van der Waals surface area contributed by atoms with Gasteiger partial charge < -0.3 is 24.5 Å². The minimum Gasteiger partial charge on any atom is -0.507 e. The molecule has 4 heterocycles. The number of nitrogens with zero attached hydrogens (tertiary/aromatic N) is 4. The summed E-state index contributed by atoms with van der Waals surface area (Å²) in [5.41, 5.74) is 0.342. The van der Waals surface area contributed by atoms with Crippen LogP contribution in [0.15, 0.2) is 47.3 Å². The third-order valence-corrected chi connectivity index (χ3v) is 7.63. The van der Waals surface area contributed by atoms with E-state index in [-0.39, 0.29) is 71.0 Å². The summed E-state index contributed by atoms with van der Waals surface area (Å²) in [4.78, 5) is 38.0. The summed E-state index contributed by atoms with van der Waals surface area (Å²) in [5, 5.41) is 12.0. The van der Waals surface area contributed by atoms with Crippen LogP contribution in [-0.2, 0) is 19.2 Å². The molecule has 0 spiro atoms. The molecule has 0 radical (unpaired) electrons. The molecule has 4 aliphatic heterocycles. The molecule has 0 bridgehead atoms. The van der Waals surface area contributed by atoms with Gasteiger partial charge in [0.25, 0.3) is 5.91 Å². The van der Waals surface area contributed by atoms with E-state index in [1.807, 2.05) is 7.05 Å². The summed E-state index contributed by atoms with van der Waals surface area (Å²) in [6.45, 7) is 6.15. The van der Waals surface area contributed by atoms with Crippen LogP contribution < -0.4 is 0 Å². The fourth-order valence-corrected chi connectivity index (χ4v) is 5.67. The number of rotatable bonds is 4. The Balaban J connectivity index is 1.54. The smallest absolute Gasteiger partial charge is 0.276 e. The molecule has 9 nitrogen and oxygen atoms in total. The summed E-state index contributed by atoms with van der Waals surface area (Å²) in [6, 6.07) is 3.61. The van der Waals surface area contributed by atoms with Crippen molar-refractivity contribution in [1.82, 2.24) is 19.8 Å². The van der Waals surface area contributed by atoms with E-state index in [0.29, 0.717) is 19.6 Å². The van der Waals surface area contributed by atoms with E-state index < -0.39 is 11.9 Å². The van der Waals surface area contributed by atoms with Gasteiger partial charge in [0.2, 0.25) is 5.91 Å². The fourth-order valence-electron chi connectivity index (χ4n) is 5.37. The number of halogens is 2. The van der Waals surface area contributed by atoms with Gasteiger partial charge in [-0.1, -0.05) is 24.2 Å². The lowest BCUT2D eigenvalue weighted by Gasteiger charge is -2.41. The molecule has 0 aliphatic carbocycles. The molecule has 198 valence electrons. The first-order valence-electron chi connectivity index (χ1n) is 12.4. The highest BCUT2D eigenvalue weighted by molar-refractivity contribution is 6.35. The molecule has 37 heavy (non-hydrogen) atoms. The number of carbonyl (C=O) groups is 2. The highest BCUT2D eigenvalue weighted by atomic mass is 35.5. The van der Waals surface area contributed by atoms with Crippen molar-refractivity contribution in [3.63, 3.8) is 0 Å². The second kappa shape index (κ2) is 10.4. The van der Waals surface area contributed by atoms with Crippen LogP contribution in [0.3, 0.4) is 0 Å². The Labute approximate surface area is 219 Å². The van der Waals surface area contributed by atoms with Gasteiger partial charge in [-0.15, -0.1) is 0 Å². The third kappa shape index (κ3) is 4.81. The number of amides is 2. The summed E-state index contributed by atoms with van der Waals surface area (Å²) >= 11 is 6.78. The van der Waals surface area contributed by atoms with E-state index in [1.54, 1.807) is 9.80 Å². The van der Waals surface area contributed by atoms with E-state index in [0.717, 1.165) is 19.4 Å². The molecular formula is C26H30ClFN4O5. The molecule has 4 aliphatic rings. The molecule has 1 aromatic rings. The average molecular weight is 533 g/mol. The van der Waals surface area contributed by atoms with E-state index in [9.17, 15) is 19.1 Å². The monoisotopic (exact) mass is 532 g/mol. The van der Waals surface area contributed by atoms with Crippen LogP contribution >= 0.6 is 11.6 Å². The normalized spacial score (nSPS) is 24.9. The second-order valence-corrected chi connectivity index (χ2v) is 10.1. The number of piperazine rings is 1. The maximum absolute atomic E-state index is 14.9. The van der Waals surface area contributed by atoms with Gasteiger partial charge in [-0.3, -0.25) is 14.4 Å². The Kier molecular flexibility index (Phi) is 7.15. The Bertz CT molecular complexity index is 1170. The lowest BCUT2D eigenvalue weighted by Crippen LogP contribution is -2.58. The molecule has 2 fully saturated rings. The molecule has 2 amide bonds. The number of ether oxygens (including phenoxy) is 1. The molecule has 1 unspecified atom stereocenters. The van der Waals surface area contributed by atoms with Gasteiger partial charge in [0.05, 0.1) is 29.3 Å². The van der Waals surface area contributed by atoms with Crippen LogP contribution in [0.2, 0.25) is 0 Å². The highest BCUT2D eigenvalue weighted by Crippen LogP contribution is 2.42. The van der Waals surface area contributed by atoms with Gasteiger partial charge in [0, 0.05) is 31.8 Å². The van der Waals surface area contributed by atoms with Gasteiger partial charge in [-0.2, -0.15) is 0 Å². The Morgan fingerprint density at radius 1 is 1.30 bits per heavy atom. The number of aromatic hydroxyl groups is 1. The number of benzene rings is 1. The molecule has 0 aromatic heterocycles. The van der Waals surface area contributed by atoms with Crippen LogP contribution in [0, 0.1) is 5.82 Å². The average Bonchev–Trinajstić information content (AvgIpc) is 3.02. The fraction of sp³-hybridized carbons (Fsp3) is 0.462. The Morgan fingerprint density at radius 2 is 2.11 bits per heavy atom. The number of hydroxylamine groups is 2. The van der Waals surface area contributed by atoms with Crippen molar-refractivity contribution in [2.75, 3.05) is 52.9 Å². The van der Waals surface area contributed by atoms with Crippen LogP contribution in [0.1, 0.15) is 18.4 Å². The number of likely N-dealkylation sites (tertiary alicyclic amines) is 1. The van der Waals surface area contributed by atoms with Crippen LogP contribution in [0.5, 0.6) is 5.75 Å². The first kappa shape index (κ1) is 25.6. The number of piperidine rings is 1. The number of allylic oxidation sites excluding steroid dienone is 1. The van der Waals surface area contributed by atoms with Crippen molar-refractivity contribution >= 4 is 29.0 Å². The zero-order valence-corrected chi connectivity index (χ0v) is 21.4. The molecule has 0 saturated carbocycles. The topological polar surface area (TPSA) is 85.8 Å². The van der Waals surface area contributed by atoms with Gasteiger partial charge in [-0.05, 0) is 44.6 Å². The molecule has 5 rings (SSSR count). The molecular weight excluding hydrogens is 503 g/mol. The van der Waals surface area contributed by atoms with Gasteiger partial charge in [0.1, 0.15) is 18.2 Å². The number of likely N-dealkylation sites (N-methyl/N-ethyl adjacent to an activating group) is 1. The maximum atomic E-state index is 14.9. The summed E-state index contributed by atoms with van der Waals surface area (Å²) in [6.07, 6.45) is 2.78. The van der Waals surface area contributed by atoms with Gasteiger partial charge in [0.15, 0.2) is 11.5 Å². The standard InChI is InChI=1S/C26H30ClFN4O5/c1-3-21(34)30-10-11-31-16(12-30)15-36-25-23(27)18(22-19(28)7-4-8-20(22)33)14-32(24(25)26(31)35)37-17-6-5-9-29(2)13-17/h3-4,7-8,16-17,33H,1,5-6,9-15H2,2H3/t16-,17?/m1/s1. The summed E-state index contributed by atoms with van der Waals surface area (Å²) in [5.74, 6) is -1.38. The molecule has 2 saturated heterocycles. The zero-order valence-electron chi connectivity index (χ0n) is 20.7. The van der Waals surface area contributed by atoms with Crippen LogP contribution in [-0.4, -0.2) is 102 Å². The molecule has 11 heteroatoms. The predicted octanol–water partition coefficient (Wildman–Crippen LogP) is 2.29. The van der Waals surface area contributed by atoms with Crippen molar-refractivity contribution in [3.05, 3.63) is 58.7 Å². The quantitative estimate of drug-likeness (QED) is 0.596. The first-order chi connectivity index (χ1) is 17.8. The van der Waals surface area contributed by atoms with Crippen LogP contribution in [0.25, 0.3) is 5.57 Å². The highest BCUT2D eigenvalue weighted by Gasteiger charge is 2.44. The second-order valence-electron chi connectivity index (χ2n) is 9.72. The number of fused-ring (bicyclic) bond motifs is 1. The molecule has 1 aromatic carbocycles. The Hall–Kier alpha value is -3.08. The van der Waals surface area contributed by atoms with E-state index in [4.69, 9.17) is 21.2 Å². The lowest BCUT2D eigenvalue weighted by atomic mass is 9.99. The molecule has 1 N–H and O–H groups in total. The van der Waals surface area contributed by atoms with E-state index in [2.05, 4.69) is 11.5 Å². The number of phenolic OH excluding ortho intramolecular Hbond substituents is 1. The van der Waals surface area contributed by atoms with Gasteiger partial charge in [-0.25, -0.2) is 9.45 Å². The lowest BCUT2D eigenvalue weighted by molar-refractivity contribution is -0.187. The van der Waals surface area contributed by atoms with Crippen molar-refractivity contribution in [2.24, 2.45) is 0 Å². The summed E-state index contributed by atoms with van der Waals surface area (Å²) in [7, 11) is 2.00. The number of phenols is 1. The predicted molar refractivity (Wildman–Crippen MR) is 134 cm³/mol.